The number of para-hydroxylation sites is 1. The van der Waals surface area contributed by atoms with Crippen LogP contribution in [0.1, 0.15) is 31.1 Å². The molecule has 0 aliphatic rings. The van der Waals surface area contributed by atoms with Gasteiger partial charge in [-0.25, -0.2) is 0 Å². The van der Waals surface area contributed by atoms with Crippen LogP contribution in [-0.4, -0.2) is 41.6 Å². The molecule has 0 bridgehead atoms. The van der Waals surface area contributed by atoms with Crippen molar-refractivity contribution in [1.29, 1.82) is 0 Å². The summed E-state index contributed by atoms with van der Waals surface area (Å²) in [5.41, 5.74) is 0.857. The summed E-state index contributed by atoms with van der Waals surface area (Å²) >= 11 is 13.7. The van der Waals surface area contributed by atoms with Crippen molar-refractivity contribution in [3.63, 3.8) is 0 Å². The highest BCUT2D eigenvalue weighted by Crippen LogP contribution is 2.21. The molecule has 1 aromatic carbocycles. The molecule has 2 rings (SSSR count). The van der Waals surface area contributed by atoms with Crippen LogP contribution in [0, 0.1) is 0 Å². The summed E-state index contributed by atoms with van der Waals surface area (Å²) in [7, 11) is 2.19. The van der Waals surface area contributed by atoms with Gasteiger partial charge >= 0.3 is 0 Å². The molecule has 0 amide bonds. The number of halogens is 1. The van der Waals surface area contributed by atoms with Crippen LogP contribution < -0.4 is 5.32 Å². The Labute approximate surface area is 172 Å². The average Bonchev–Trinajstić information content (AvgIpc) is 3.14. The number of thiophene rings is 1. The van der Waals surface area contributed by atoms with E-state index in [9.17, 15) is 0 Å². The van der Waals surface area contributed by atoms with E-state index in [1.807, 2.05) is 24.3 Å². The maximum atomic E-state index is 6.26. The zero-order chi connectivity index (χ0) is 18.8. The fraction of sp³-hybridized carbons (Fsp3) is 0.450. The summed E-state index contributed by atoms with van der Waals surface area (Å²) in [5.74, 6) is 0. The number of nitrogens with zero attached hydrogens (tertiary/aromatic N) is 2. The molecule has 6 heteroatoms. The van der Waals surface area contributed by atoms with E-state index in [1.54, 1.807) is 11.3 Å². The first-order valence-corrected chi connectivity index (χ1v) is 10.8. The van der Waals surface area contributed by atoms with Crippen molar-refractivity contribution in [3.05, 3.63) is 51.7 Å². The number of unbranched alkanes of at least 4 members (excludes halogenated alkanes) is 1. The molecule has 1 aromatic heterocycles. The number of hydrogen-bond acceptors (Lipinski definition) is 3. The SMILES string of the molecule is CCCCN(C)CCCN(Cc1cccs1)C(=S)Nc1ccccc1Cl. The molecule has 0 spiro atoms. The van der Waals surface area contributed by atoms with Crippen molar-refractivity contribution in [2.45, 2.75) is 32.7 Å². The molecule has 0 saturated carbocycles. The minimum Gasteiger partial charge on any atom is -0.344 e. The largest absolute Gasteiger partial charge is 0.344 e. The number of nitrogens with one attached hydrogen (secondary N) is 1. The van der Waals surface area contributed by atoms with E-state index >= 15 is 0 Å². The minimum absolute atomic E-state index is 0.685. The predicted molar refractivity (Wildman–Crippen MR) is 119 cm³/mol. The van der Waals surface area contributed by atoms with Gasteiger partial charge < -0.3 is 15.1 Å². The molecule has 0 radical (unpaired) electrons. The van der Waals surface area contributed by atoms with E-state index in [0.717, 1.165) is 43.4 Å². The highest BCUT2D eigenvalue weighted by atomic mass is 35.5. The number of rotatable bonds is 10. The summed E-state index contributed by atoms with van der Waals surface area (Å²) in [4.78, 5) is 5.95. The number of thiocarbonyl (C=S) groups is 1. The maximum Gasteiger partial charge on any atom is 0.173 e. The summed E-state index contributed by atoms with van der Waals surface area (Å²) in [6.07, 6.45) is 3.57. The van der Waals surface area contributed by atoms with Crippen molar-refractivity contribution in [1.82, 2.24) is 9.80 Å². The Kier molecular flexibility index (Phi) is 9.40. The summed E-state index contributed by atoms with van der Waals surface area (Å²) in [5, 5.41) is 6.83. The molecule has 26 heavy (non-hydrogen) atoms. The van der Waals surface area contributed by atoms with E-state index in [2.05, 4.69) is 46.6 Å². The zero-order valence-electron chi connectivity index (χ0n) is 15.6. The lowest BCUT2D eigenvalue weighted by molar-refractivity contribution is 0.300. The third kappa shape index (κ3) is 7.23. The Morgan fingerprint density at radius 2 is 1.88 bits per heavy atom. The van der Waals surface area contributed by atoms with Gasteiger partial charge in [0.1, 0.15) is 0 Å². The van der Waals surface area contributed by atoms with Gasteiger partial charge in [-0.2, -0.15) is 0 Å². The van der Waals surface area contributed by atoms with Gasteiger partial charge in [-0.15, -0.1) is 11.3 Å². The van der Waals surface area contributed by atoms with E-state index in [-0.39, 0.29) is 0 Å². The van der Waals surface area contributed by atoms with Crippen molar-refractivity contribution >= 4 is 46.0 Å². The number of benzene rings is 1. The van der Waals surface area contributed by atoms with Crippen molar-refractivity contribution in [2.24, 2.45) is 0 Å². The van der Waals surface area contributed by atoms with Crippen LogP contribution in [0.2, 0.25) is 5.02 Å². The van der Waals surface area contributed by atoms with Crippen LogP contribution in [0.3, 0.4) is 0 Å². The van der Waals surface area contributed by atoms with Gasteiger partial charge in [0, 0.05) is 11.4 Å². The topological polar surface area (TPSA) is 18.5 Å². The maximum absolute atomic E-state index is 6.26. The highest BCUT2D eigenvalue weighted by Gasteiger charge is 2.13. The van der Waals surface area contributed by atoms with Crippen molar-refractivity contribution < 1.29 is 0 Å². The first kappa shape index (κ1) is 21.2. The van der Waals surface area contributed by atoms with Gasteiger partial charge in [0.2, 0.25) is 0 Å². The monoisotopic (exact) mass is 409 g/mol. The third-order valence-corrected chi connectivity index (χ3v) is 5.74. The van der Waals surface area contributed by atoms with E-state index in [4.69, 9.17) is 23.8 Å². The molecular weight excluding hydrogens is 382 g/mol. The molecule has 0 aliphatic carbocycles. The first-order valence-electron chi connectivity index (χ1n) is 9.11. The fourth-order valence-corrected chi connectivity index (χ4v) is 3.84. The Hall–Kier alpha value is -1.14. The molecule has 0 aliphatic heterocycles. The lowest BCUT2D eigenvalue weighted by Gasteiger charge is -2.27. The Morgan fingerprint density at radius 3 is 2.58 bits per heavy atom. The molecular formula is C20H28ClN3S2. The Morgan fingerprint density at radius 1 is 1.12 bits per heavy atom. The predicted octanol–water partition coefficient (Wildman–Crippen LogP) is 5.72. The molecule has 0 saturated heterocycles. The van der Waals surface area contributed by atoms with Gasteiger partial charge in [-0.3, -0.25) is 0 Å². The first-order chi connectivity index (χ1) is 12.6. The molecule has 0 fully saturated rings. The normalized spacial score (nSPS) is 10.9. The van der Waals surface area contributed by atoms with Gasteiger partial charge in [0.05, 0.1) is 17.3 Å². The molecule has 0 unspecified atom stereocenters. The molecule has 142 valence electrons. The van der Waals surface area contributed by atoms with Crippen LogP contribution in [0.5, 0.6) is 0 Å². The summed E-state index contributed by atoms with van der Waals surface area (Å²) in [6, 6.07) is 12.0. The number of hydrogen-bond donors (Lipinski definition) is 1. The summed E-state index contributed by atoms with van der Waals surface area (Å²) in [6.45, 7) is 6.21. The van der Waals surface area contributed by atoms with Crippen molar-refractivity contribution in [2.75, 3.05) is 32.0 Å². The van der Waals surface area contributed by atoms with E-state index in [1.165, 1.54) is 17.7 Å². The quantitative estimate of drug-likeness (QED) is 0.505. The van der Waals surface area contributed by atoms with Gasteiger partial charge in [0.25, 0.3) is 0 Å². The van der Waals surface area contributed by atoms with E-state index in [0.29, 0.717) is 5.02 Å². The molecule has 1 N–H and O–H groups in total. The molecule has 2 aromatic rings. The van der Waals surface area contributed by atoms with Gasteiger partial charge in [-0.05, 0) is 68.8 Å². The van der Waals surface area contributed by atoms with Crippen LogP contribution in [0.15, 0.2) is 41.8 Å². The summed E-state index contributed by atoms with van der Waals surface area (Å²) < 4.78 is 0. The Balaban J connectivity index is 1.94. The molecule has 0 atom stereocenters. The molecule has 3 nitrogen and oxygen atoms in total. The van der Waals surface area contributed by atoms with Crippen LogP contribution in [-0.2, 0) is 6.54 Å². The lowest BCUT2D eigenvalue weighted by Crippen LogP contribution is -2.36. The van der Waals surface area contributed by atoms with Crippen LogP contribution >= 0.6 is 35.2 Å². The highest BCUT2D eigenvalue weighted by molar-refractivity contribution is 7.80. The smallest absolute Gasteiger partial charge is 0.173 e. The lowest BCUT2D eigenvalue weighted by atomic mass is 10.3. The van der Waals surface area contributed by atoms with E-state index < -0.39 is 0 Å². The second-order valence-electron chi connectivity index (χ2n) is 6.42. The second kappa shape index (κ2) is 11.5. The number of anilines is 1. The molecule has 1 heterocycles. The minimum atomic E-state index is 0.685. The van der Waals surface area contributed by atoms with Crippen molar-refractivity contribution in [3.8, 4) is 0 Å². The van der Waals surface area contributed by atoms with Gasteiger partial charge in [0.15, 0.2) is 5.11 Å². The average molecular weight is 410 g/mol. The van der Waals surface area contributed by atoms with Crippen LogP contribution in [0.4, 0.5) is 5.69 Å². The fourth-order valence-electron chi connectivity index (χ4n) is 2.67. The van der Waals surface area contributed by atoms with Crippen LogP contribution in [0.25, 0.3) is 0 Å². The zero-order valence-corrected chi connectivity index (χ0v) is 18.0. The standard InChI is InChI=1S/C20H28ClN3S2/c1-3-4-12-23(2)13-8-14-24(16-17-9-7-15-26-17)20(25)22-19-11-6-5-10-18(19)21/h5-7,9-11,15H,3-4,8,12-14,16H2,1-2H3,(H,22,25). The van der Waals surface area contributed by atoms with Gasteiger partial charge in [-0.1, -0.05) is 43.1 Å². The second-order valence-corrected chi connectivity index (χ2v) is 8.25. The Bertz CT molecular complexity index is 661. The third-order valence-electron chi connectivity index (χ3n) is 4.19.